The van der Waals surface area contributed by atoms with Crippen LogP contribution in [0.3, 0.4) is 0 Å². The predicted molar refractivity (Wildman–Crippen MR) is 37.4 cm³/mol. The zero-order chi connectivity index (χ0) is 10.4. The number of hydrogen-bond acceptors (Lipinski definition) is 2. The highest BCUT2D eigenvalue weighted by atomic mass is 16.6. The van der Waals surface area contributed by atoms with Crippen molar-refractivity contribution in [3.8, 4) is 11.5 Å². The molecule has 0 amide bonds. The molecule has 2 heteroatoms. The Morgan fingerprint density at radius 2 is 1.60 bits per heavy atom. The molecule has 0 saturated heterocycles. The maximum absolute atomic E-state index is 7.30. The van der Waals surface area contributed by atoms with Crippen molar-refractivity contribution in [2.75, 3.05) is 13.1 Å². The van der Waals surface area contributed by atoms with Crippen LogP contribution in [0, 0.1) is 0 Å². The number of rotatable bonds is 0. The third-order valence-corrected chi connectivity index (χ3v) is 1.21. The second-order valence-electron chi connectivity index (χ2n) is 1.85. The van der Waals surface area contributed by atoms with Crippen molar-refractivity contribution in [1.29, 1.82) is 0 Å². The third kappa shape index (κ3) is 0.817. The Labute approximate surface area is 65.0 Å². The molecule has 52 valence electrons. The molecule has 1 heterocycles. The minimum atomic E-state index is -2.47. The summed E-state index contributed by atoms with van der Waals surface area (Å²) in [6.45, 7) is -4.94. The van der Waals surface area contributed by atoms with Gasteiger partial charge in [0.25, 0.3) is 0 Å². The fourth-order valence-corrected chi connectivity index (χ4v) is 0.770. The van der Waals surface area contributed by atoms with Gasteiger partial charge in [-0.2, -0.15) is 0 Å². The second kappa shape index (κ2) is 2.21. The predicted octanol–water partition coefficient (Wildman–Crippen LogP) is 1.46. The highest BCUT2D eigenvalue weighted by Crippen LogP contribution is 2.28. The SMILES string of the molecule is [2H]C1([2H])Oc2ccccc2OC1([2H])[2H]. The van der Waals surface area contributed by atoms with Crippen molar-refractivity contribution in [3.63, 3.8) is 0 Å². The molecule has 0 saturated carbocycles. The minimum Gasteiger partial charge on any atom is -0.486 e. The standard InChI is InChI=1S/C8H8O2/c1-2-4-8-7(3-1)9-5-6-10-8/h1-4H,5-6H2/i5D2,6D2. The topological polar surface area (TPSA) is 18.5 Å². The van der Waals surface area contributed by atoms with Crippen LogP contribution >= 0.6 is 0 Å². The van der Waals surface area contributed by atoms with Gasteiger partial charge in [0.1, 0.15) is 13.1 Å². The maximum atomic E-state index is 7.30. The normalized spacial score (nSPS) is 30.8. The van der Waals surface area contributed by atoms with Gasteiger partial charge in [-0.3, -0.25) is 0 Å². The first-order valence-electron chi connectivity index (χ1n) is 4.89. The Balaban J connectivity index is 2.46. The van der Waals surface area contributed by atoms with Crippen molar-refractivity contribution in [2.45, 2.75) is 0 Å². The summed E-state index contributed by atoms with van der Waals surface area (Å²) in [6.07, 6.45) is 0. The van der Waals surface area contributed by atoms with E-state index in [-0.39, 0.29) is 11.5 Å². The van der Waals surface area contributed by atoms with Crippen LogP contribution in [0.15, 0.2) is 24.3 Å². The van der Waals surface area contributed by atoms with E-state index in [1.807, 2.05) is 0 Å². The molecule has 0 atom stereocenters. The molecule has 0 unspecified atom stereocenters. The van der Waals surface area contributed by atoms with Crippen LogP contribution in [0.1, 0.15) is 5.48 Å². The van der Waals surface area contributed by atoms with Gasteiger partial charge >= 0.3 is 0 Å². The van der Waals surface area contributed by atoms with Gasteiger partial charge in [-0.25, -0.2) is 0 Å². The number of ether oxygens (including phenoxy) is 2. The molecule has 0 aromatic heterocycles. The fraction of sp³-hybridized carbons (Fsp3) is 0.250. The summed E-state index contributed by atoms with van der Waals surface area (Å²) in [5, 5.41) is 0. The van der Waals surface area contributed by atoms with Crippen LogP contribution in [0.25, 0.3) is 0 Å². The summed E-state index contributed by atoms with van der Waals surface area (Å²) in [4.78, 5) is 0. The lowest BCUT2D eigenvalue weighted by molar-refractivity contribution is 0.171. The Hall–Kier alpha value is -1.18. The van der Waals surface area contributed by atoms with Crippen molar-refractivity contribution in [3.05, 3.63) is 24.3 Å². The molecule has 0 spiro atoms. The van der Waals surface area contributed by atoms with Gasteiger partial charge < -0.3 is 9.47 Å². The van der Waals surface area contributed by atoms with Crippen LogP contribution in [0.2, 0.25) is 0 Å². The van der Waals surface area contributed by atoms with E-state index in [4.69, 9.17) is 15.0 Å². The maximum Gasteiger partial charge on any atom is 0.161 e. The van der Waals surface area contributed by atoms with E-state index in [0.717, 1.165) is 0 Å². The van der Waals surface area contributed by atoms with Gasteiger partial charge in [-0.15, -0.1) is 0 Å². The average molecular weight is 140 g/mol. The molecule has 0 fully saturated rings. The van der Waals surface area contributed by atoms with Crippen molar-refractivity contribution < 1.29 is 15.0 Å². The van der Waals surface area contributed by atoms with Crippen LogP contribution in [-0.4, -0.2) is 13.1 Å². The summed E-state index contributed by atoms with van der Waals surface area (Å²) in [6, 6.07) is 6.39. The summed E-state index contributed by atoms with van der Waals surface area (Å²) < 4.78 is 39.0. The molecule has 1 aliphatic heterocycles. The van der Waals surface area contributed by atoms with Crippen molar-refractivity contribution in [2.24, 2.45) is 0 Å². The number of para-hydroxylation sites is 2. The lowest BCUT2D eigenvalue weighted by atomic mass is 10.3. The first-order chi connectivity index (χ1) is 6.42. The monoisotopic (exact) mass is 140 g/mol. The Bertz CT molecular complexity index is 329. The van der Waals surface area contributed by atoms with Gasteiger partial charge in [0.15, 0.2) is 11.5 Å². The van der Waals surface area contributed by atoms with E-state index >= 15 is 0 Å². The highest BCUT2D eigenvalue weighted by Gasteiger charge is 2.07. The van der Waals surface area contributed by atoms with Gasteiger partial charge in [-0.1, -0.05) is 12.1 Å². The summed E-state index contributed by atoms with van der Waals surface area (Å²) in [7, 11) is 0. The minimum absolute atomic E-state index is 0.215. The molecule has 0 aliphatic carbocycles. The molecule has 0 N–H and O–H groups in total. The van der Waals surface area contributed by atoms with E-state index in [2.05, 4.69) is 0 Å². The highest BCUT2D eigenvalue weighted by molar-refractivity contribution is 5.40. The summed E-state index contributed by atoms with van der Waals surface area (Å²) >= 11 is 0. The second-order valence-corrected chi connectivity index (χ2v) is 1.85. The molecule has 2 rings (SSSR count). The number of fused-ring (bicyclic) bond motifs is 1. The lowest BCUT2D eigenvalue weighted by Crippen LogP contribution is -2.14. The van der Waals surface area contributed by atoms with Crippen molar-refractivity contribution >= 4 is 0 Å². The first kappa shape index (κ1) is 2.82. The Morgan fingerprint density at radius 1 is 1.10 bits per heavy atom. The average Bonchev–Trinajstić information content (AvgIpc) is 2.05. The van der Waals surface area contributed by atoms with Crippen LogP contribution in [0.5, 0.6) is 11.5 Å². The molecule has 0 radical (unpaired) electrons. The smallest absolute Gasteiger partial charge is 0.161 e. The number of benzene rings is 1. The summed E-state index contributed by atoms with van der Waals surface area (Å²) in [5.74, 6) is 0.431. The van der Waals surface area contributed by atoms with Crippen LogP contribution in [-0.2, 0) is 0 Å². The first-order valence-corrected chi connectivity index (χ1v) is 2.89. The van der Waals surface area contributed by atoms with E-state index in [1.165, 1.54) is 12.1 Å². The van der Waals surface area contributed by atoms with E-state index in [1.54, 1.807) is 12.1 Å². The van der Waals surface area contributed by atoms with Crippen LogP contribution < -0.4 is 9.47 Å². The molecule has 10 heavy (non-hydrogen) atoms. The van der Waals surface area contributed by atoms with E-state index in [0.29, 0.717) is 0 Å². The quantitative estimate of drug-likeness (QED) is 0.543. The van der Waals surface area contributed by atoms with E-state index < -0.39 is 13.1 Å². The van der Waals surface area contributed by atoms with Crippen molar-refractivity contribution in [1.82, 2.24) is 0 Å². The number of hydrogen-bond donors (Lipinski definition) is 0. The Morgan fingerprint density at radius 3 is 2.10 bits per heavy atom. The third-order valence-electron chi connectivity index (χ3n) is 1.21. The molecule has 0 bridgehead atoms. The zero-order valence-corrected chi connectivity index (χ0v) is 5.13. The van der Waals surface area contributed by atoms with Crippen LogP contribution in [0.4, 0.5) is 0 Å². The van der Waals surface area contributed by atoms with E-state index in [9.17, 15) is 0 Å². The van der Waals surface area contributed by atoms with Gasteiger partial charge in [0.2, 0.25) is 0 Å². The molecular weight excluding hydrogens is 128 g/mol. The fourth-order valence-electron chi connectivity index (χ4n) is 0.770. The lowest BCUT2D eigenvalue weighted by Gasteiger charge is -2.17. The largest absolute Gasteiger partial charge is 0.486 e. The molecule has 1 aromatic carbocycles. The summed E-state index contributed by atoms with van der Waals surface area (Å²) in [5.41, 5.74) is 0. The Kier molecular flexibility index (Phi) is 0.625. The molecular formula is C8H8O2. The zero-order valence-electron chi connectivity index (χ0n) is 9.13. The molecule has 1 aromatic rings. The van der Waals surface area contributed by atoms with Gasteiger partial charge in [0.05, 0.1) is 5.48 Å². The van der Waals surface area contributed by atoms with Gasteiger partial charge in [-0.05, 0) is 12.1 Å². The molecule has 2 nitrogen and oxygen atoms in total. The van der Waals surface area contributed by atoms with Gasteiger partial charge in [0, 0.05) is 0 Å². The molecule has 1 aliphatic rings.